The smallest absolute Gasteiger partial charge is 0.295 e. The molecular formula is C23H23Cl2NO5. The van der Waals surface area contributed by atoms with Gasteiger partial charge in [-0.1, -0.05) is 41.4 Å². The van der Waals surface area contributed by atoms with Gasteiger partial charge in [0.15, 0.2) is 0 Å². The van der Waals surface area contributed by atoms with E-state index in [9.17, 15) is 14.7 Å². The maximum atomic E-state index is 13.0. The summed E-state index contributed by atoms with van der Waals surface area (Å²) in [6.45, 7) is 4.16. The first-order valence-corrected chi connectivity index (χ1v) is 10.5. The predicted molar refractivity (Wildman–Crippen MR) is 120 cm³/mol. The van der Waals surface area contributed by atoms with Gasteiger partial charge < -0.3 is 19.5 Å². The van der Waals surface area contributed by atoms with Gasteiger partial charge in [-0.15, -0.1) is 0 Å². The molecule has 0 saturated carbocycles. The average Bonchev–Trinajstić information content (AvgIpc) is 2.98. The summed E-state index contributed by atoms with van der Waals surface area (Å²) in [5.41, 5.74) is 0.898. The first-order valence-electron chi connectivity index (χ1n) is 9.74. The van der Waals surface area contributed by atoms with Crippen molar-refractivity contribution in [2.24, 2.45) is 0 Å². The molecule has 31 heavy (non-hydrogen) atoms. The zero-order valence-electron chi connectivity index (χ0n) is 17.4. The van der Waals surface area contributed by atoms with E-state index in [1.54, 1.807) is 42.5 Å². The number of rotatable bonds is 7. The van der Waals surface area contributed by atoms with E-state index in [0.717, 1.165) is 0 Å². The summed E-state index contributed by atoms with van der Waals surface area (Å²) in [5, 5.41) is 11.7. The molecule has 0 radical (unpaired) electrons. The number of amides is 1. The number of benzene rings is 2. The molecule has 1 unspecified atom stereocenters. The van der Waals surface area contributed by atoms with E-state index in [-0.39, 0.29) is 35.6 Å². The highest BCUT2D eigenvalue weighted by Gasteiger charge is 2.46. The Labute approximate surface area is 191 Å². The Kier molecular flexibility index (Phi) is 7.26. The maximum absolute atomic E-state index is 13.0. The van der Waals surface area contributed by atoms with Gasteiger partial charge in [0, 0.05) is 19.2 Å². The van der Waals surface area contributed by atoms with E-state index in [1.807, 2.05) is 13.8 Å². The normalized spacial score (nSPS) is 18.1. The highest BCUT2D eigenvalue weighted by atomic mass is 35.5. The number of Topliss-reactive ketones (excluding diaryl/α,β-unsaturated/α-hetero) is 1. The van der Waals surface area contributed by atoms with E-state index >= 15 is 0 Å². The fourth-order valence-electron chi connectivity index (χ4n) is 3.47. The Morgan fingerprint density at radius 1 is 1.13 bits per heavy atom. The summed E-state index contributed by atoms with van der Waals surface area (Å²) in [7, 11) is 1.50. The minimum absolute atomic E-state index is 0.0267. The topological polar surface area (TPSA) is 76.1 Å². The van der Waals surface area contributed by atoms with Crippen molar-refractivity contribution in [3.63, 3.8) is 0 Å². The molecule has 1 saturated heterocycles. The molecule has 1 atom stereocenters. The van der Waals surface area contributed by atoms with Crippen molar-refractivity contribution in [1.82, 2.24) is 4.90 Å². The number of hydrogen-bond donors (Lipinski definition) is 1. The second-order valence-corrected chi connectivity index (χ2v) is 8.17. The molecule has 0 spiro atoms. The van der Waals surface area contributed by atoms with Crippen molar-refractivity contribution in [3.8, 4) is 5.75 Å². The number of hydrogen-bond acceptors (Lipinski definition) is 5. The molecule has 1 aliphatic rings. The van der Waals surface area contributed by atoms with Gasteiger partial charge in [0.25, 0.3) is 11.7 Å². The number of carbonyl (C=O) groups excluding carboxylic acids is 2. The molecule has 2 aromatic carbocycles. The van der Waals surface area contributed by atoms with Crippen molar-refractivity contribution in [3.05, 3.63) is 69.2 Å². The molecule has 1 fully saturated rings. The molecule has 164 valence electrons. The van der Waals surface area contributed by atoms with E-state index in [1.165, 1.54) is 12.0 Å². The summed E-state index contributed by atoms with van der Waals surface area (Å²) in [6.07, 6.45) is -0.0618. The van der Waals surface area contributed by atoms with Crippen LogP contribution < -0.4 is 4.74 Å². The minimum atomic E-state index is -0.834. The van der Waals surface area contributed by atoms with Crippen LogP contribution in [0.25, 0.3) is 5.76 Å². The van der Waals surface area contributed by atoms with Crippen LogP contribution in [0.15, 0.2) is 48.0 Å². The molecule has 2 aromatic rings. The molecule has 0 bridgehead atoms. The van der Waals surface area contributed by atoms with Gasteiger partial charge in [0.2, 0.25) is 0 Å². The summed E-state index contributed by atoms with van der Waals surface area (Å²) in [4.78, 5) is 27.1. The molecule has 3 rings (SSSR count). The first-order chi connectivity index (χ1) is 14.7. The number of aliphatic hydroxyl groups excluding tert-OH is 1. The number of likely N-dealkylation sites (tertiary alicyclic amines) is 1. The fraction of sp³-hybridized carbons (Fsp3) is 0.304. The zero-order valence-corrected chi connectivity index (χ0v) is 18.9. The fourth-order valence-corrected chi connectivity index (χ4v) is 3.78. The third kappa shape index (κ3) is 4.87. The van der Waals surface area contributed by atoms with E-state index < -0.39 is 17.7 Å². The predicted octanol–water partition coefficient (Wildman–Crippen LogP) is 4.85. The molecule has 6 nitrogen and oxygen atoms in total. The van der Waals surface area contributed by atoms with Crippen LogP contribution in [0.2, 0.25) is 10.0 Å². The van der Waals surface area contributed by atoms with E-state index in [2.05, 4.69) is 0 Å². The van der Waals surface area contributed by atoms with Crippen molar-refractivity contribution < 1.29 is 24.2 Å². The number of nitrogens with zero attached hydrogens (tertiary/aromatic N) is 1. The number of halogens is 2. The van der Waals surface area contributed by atoms with Crippen LogP contribution in [0.5, 0.6) is 5.75 Å². The van der Waals surface area contributed by atoms with Gasteiger partial charge in [-0.05, 0) is 43.7 Å². The first kappa shape index (κ1) is 23.1. The van der Waals surface area contributed by atoms with Crippen molar-refractivity contribution >= 4 is 40.7 Å². The van der Waals surface area contributed by atoms with Crippen molar-refractivity contribution in [1.29, 1.82) is 0 Å². The van der Waals surface area contributed by atoms with Gasteiger partial charge in [-0.3, -0.25) is 9.59 Å². The number of carbonyl (C=O) groups is 2. The number of ketones is 1. The monoisotopic (exact) mass is 463 g/mol. The van der Waals surface area contributed by atoms with E-state index in [4.69, 9.17) is 32.7 Å². The van der Waals surface area contributed by atoms with Crippen LogP contribution in [-0.4, -0.2) is 48.1 Å². The largest absolute Gasteiger partial charge is 0.507 e. The third-order valence-corrected chi connectivity index (χ3v) is 5.55. The number of ether oxygens (including phenoxy) is 2. The zero-order chi connectivity index (χ0) is 22.7. The Hall–Kier alpha value is -2.54. The summed E-state index contributed by atoms with van der Waals surface area (Å²) in [6, 6.07) is 10.8. The lowest BCUT2D eigenvalue weighted by Crippen LogP contribution is -2.32. The standard InChI is InChI=1S/C23H23Cl2NO5/c1-13(2)31-16-6-4-5-15(11-16)21(27)19-20(14-7-8-17(24)18(25)12-14)26(9-10-30-3)23(29)22(19)28/h4-8,11-13,20,27H,9-10H2,1-3H3/b21-19-. The molecule has 8 heteroatoms. The second-order valence-electron chi connectivity index (χ2n) is 7.35. The number of aliphatic hydroxyl groups is 1. The maximum Gasteiger partial charge on any atom is 0.295 e. The molecule has 1 aliphatic heterocycles. The highest BCUT2D eigenvalue weighted by Crippen LogP contribution is 2.41. The minimum Gasteiger partial charge on any atom is -0.507 e. The highest BCUT2D eigenvalue weighted by molar-refractivity contribution is 6.46. The molecule has 1 heterocycles. The molecule has 0 aromatic heterocycles. The van der Waals surface area contributed by atoms with Crippen LogP contribution in [-0.2, 0) is 14.3 Å². The van der Waals surface area contributed by atoms with E-state index in [0.29, 0.717) is 21.9 Å². The van der Waals surface area contributed by atoms with Gasteiger partial charge >= 0.3 is 0 Å². The molecule has 0 aliphatic carbocycles. The third-order valence-electron chi connectivity index (χ3n) is 4.81. The van der Waals surface area contributed by atoms with Crippen LogP contribution in [0.3, 0.4) is 0 Å². The van der Waals surface area contributed by atoms with Gasteiger partial charge in [0.1, 0.15) is 11.5 Å². The average molecular weight is 464 g/mol. The van der Waals surface area contributed by atoms with Gasteiger partial charge in [-0.2, -0.15) is 0 Å². The van der Waals surface area contributed by atoms with Crippen molar-refractivity contribution in [2.75, 3.05) is 20.3 Å². The summed E-state index contributed by atoms with van der Waals surface area (Å²) < 4.78 is 10.8. The van der Waals surface area contributed by atoms with Crippen molar-refractivity contribution in [2.45, 2.75) is 26.0 Å². The Morgan fingerprint density at radius 2 is 1.87 bits per heavy atom. The molecule has 1 N–H and O–H groups in total. The lowest BCUT2D eigenvalue weighted by molar-refractivity contribution is -0.140. The SMILES string of the molecule is COCCN1C(=O)C(=O)/C(=C(\O)c2cccc(OC(C)C)c2)C1c1ccc(Cl)c(Cl)c1. The lowest BCUT2D eigenvalue weighted by Gasteiger charge is -2.25. The summed E-state index contributed by atoms with van der Waals surface area (Å²) >= 11 is 12.2. The molecular weight excluding hydrogens is 441 g/mol. The summed E-state index contributed by atoms with van der Waals surface area (Å²) in [5.74, 6) is -1.24. The van der Waals surface area contributed by atoms with Crippen LogP contribution in [0.4, 0.5) is 0 Å². The second kappa shape index (κ2) is 9.73. The molecule has 1 amide bonds. The lowest BCUT2D eigenvalue weighted by atomic mass is 9.95. The van der Waals surface area contributed by atoms with Gasteiger partial charge in [-0.25, -0.2) is 0 Å². The van der Waals surface area contributed by atoms with Crippen LogP contribution in [0, 0.1) is 0 Å². The Balaban J connectivity index is 2.15. The Morgan fingerprint density at radius 3 is 2.52 bits per heavy atom. The quantitative estimate of drug-likeness (QED) is 0.360. The Bertz CT molecular complexity index is 1030. The van der Waals surface area contributed by atoms with Crippen LogP contribution in [0.1, 0.15) is 31.0 Å². The van der Waals surface area contributed by atoms with Gasteiger partial charge in [0.05, 0.1) is 34.4 Å². The van der Waals surface area contributed by atoms with Crippen LogP contribution >= 0.6 is 23.2 Å². The number of methoxy groups -OCH3 is 1.